The summed E-state index contributed by atoms with van der Waals surface area (Å²) in [5.41, 5.74) is 5.17. The van der Waals surface area contributed by atoms with Crippen molar-refractivity contribution in [2.45, 2.75) is 13.3 Å². The van der Waals surface area contributed by atoms with Crippen LogP contribution >= 0.6 is 12.4 Å². The van der Waals surface area contributed by atoms with E-state index < -0.39 is 0 Å². The minimum atomic E-state index is 0. The molecule has 0 heterocycles. The second kappa shape index (κ2) is 6.74. The Morgan fingerprint density at radius 1 is 1.75 bits per heavy atom. The van der Waals surface area contributed by atoms with E-state index >= 15 is 0 Å². The fourth-order valence-electron chi connectivity index (χ4n) is 0.311. The Morgan fingerprint density at radius 3 is 2.25 bits per heavy atom. The molecule has 0 aromatic heterocycles. The zero-order valence-corrected chi connectivity index (χ0v) is 5.74. The Hall–Kier alpha value is -0.260. The molecule has 48 valence electrons. The molecule has 0 saturated carbocycles. The van der Waals surface area contributed by atoms with Crippen molar-refractivity contribution in [1.82, 2.24) is 0 Å². The number of nitrogens with zero attached hydrogens (tertiary/aromatic N) is 1. The van der Waals surface area contributed by atoms with Gasteiger partial charge in [0.1, 0.15) is 0 Å². The van der Waals surface area contributed by atoms with Crippen LogP contribution in [-0.4, -0.2) is 6.54 Å². The summed E-state index contributed by atoms with van der Waals surface area (Å²) in [5.74, 6) is 0.0694. The summed E-state index contributed by atoms with van der Waals surface area (Å²) in [4.78, 5) is 0. The largest absolute Gasteiger partial charge is 0.329 e. The van der Waals surface area contributed by atoms with Crippen molar-refractivity contribution in [3.63, 3.8) is 0 Å². The molecular weight excluding hydrogens is 124 g/mol. The molecule has 0 aliphatic rings. The van der Waals surface area contributed by atoms with Gasteiger partial charge in [0, 0.05) is 6.54 Å². The van der Waals surface area contributed by atoms with Gasteiger partial charge in [-0.15, -0.1) is 12.4 Å². The lowest BCUT2D eigenvalue weighted by molar-refractivity contribution is 0.653. The molecule has 0 amide bonds. The van der Waals surface area contributed by atoms with Gasteiger partial charge < -0.3 is 5.73 Å². The minimum absolute atomic E-state index is 0. The SMILES string of the molecule is CCC(C#N)CN.Cl. The van der Waals surface area contributed by atoms with E-state index in [1.807, 2.05) is 6.92 Å². The number of nitriles is 1. The predicted molar refractivity (Wildman–Crippen MR) is 35.7 cm³/mol. The molecule has 1 unspecified atom stereocenters. The number of hydrogen-bond donors (Lipinski definition) is 1. The molecule has 2 nitrogen and oxygen atoms in total. The molecule has 0 fully saturated rings. The Labute approximate surface area is 56.1 Å². The highest BCUT2D eigenvalue weighted by atomic mass is 35.5. The topological polar surface area (TPSA) is 49.8 Å². The van der Waals surface area contributed by atoms with Crippen LogP contribution in [-0.2, 0) is 0 Å². The van der Waals surface area contributed by atoms with E-state index in [1.165, 1.54) is 0 Å². The monoisotopic (exact) mass is 134 g/mol. The molecule has 3 heteroatoms. The lowest BCUT2D eigenvalue weighted by atomic mass is 10.1. The fourth-order valence-corrected chi connectivity index (χ4v) is 0.311. The van der Waals surface area contributed by atoms with Gasteiger partial charge in [-0.1, -0.05) is 6.92 Å². The average molecular weight is 135 g/mol. The maximum Gasteiger partial charge on any atom is 0.0668 e. The van der Waals surface area contributed by atoms with Crippen LogP contribution in [0.5, 0.6) is 0 Å². The van der Waals surface area contributed by atoms with Crippen molar-refractivity contribution in [2.24, 2.45) is 11.7 Å². The molecule has 0 aromatic rings. The van der Waals surface area contributed by atoms with Crippen LogP contribution in [0.2, 0.25) is 0 Å². The number of halogens is 1. The third kappa shape index (κ3) is 3.91. The fraction of sp³-hybridized carbons (Fsp3) is 0.800. The van der Waals surface area contributed by atoms with E-state index in [0.717, 1.165) is 6.42 Å². The zero-order valence-electron chi connectivity index (χ0n) is 4.92. The van der Waals surface area contributed by atoms with Crippen LogP contribution in [0.3, 0.4) is 0 Å². The van der Waals surface area contributed by atoms with Crippen molar-refractivity contribution >= 4 is 12.4 Å². The first-order valence-electron chi connectivity index (χ1n) is 2.44. The Bertz CT molecular complexity index is 73.0. The molecule has 0 bridgehead atoms. The third-order valence-corrected chi connectivity index (χ3v) is 0.960. The van der Waals surface area contributed by atoms with E-state index in [2.05, 4.69) is 6.07 Å². The second-order valence-electron chi connectivity index (χ2n) is 1.47. The molecule has 0 aromatic carbocycles. The highest BCUT2D eigenvalue weighted by Gasteiger charge is 1.96. The van der Waals surface area contributed by atoms with Gasteiger partial charge in [-0.25, -0.2) is 0 Å². The molecule has 0 aliphatic heterocycles. The lowest BCUT2D eigenvalue weighted by Crippen LogP contribution is -2.10. The molecule has 8 heavy (non-hydrogen) atoms. The van der Waals surface area contributed by atoms with Gasteiger partial charge in [-0.2, -0.15) is 5.26 Å². The first kappa shape index (κ1) is 10.7. The second-order valence-corrected chi connectivity index (χ2v) is 1.47. The molecule has 0 rings (SSSR count). The van der Waals surface area contributed by atoms with E-state index in [-0.39, 0.29) is 18.3 Å². The number of rotatable bonds is 2. The van der Waals surface area contributed by atoms with Gasteiger partial charge in [-0.3, -0.25) is 0 Å². The third-order valence-electron chi connectivity index (χ3n) is 0.960. The van der Waals surface area contributed by atoms with Crippen LogP contribution in [0.1, 0.15) is 13.3 Å². The predicted octanol–water partition coefficient (Wildman–Crippen LogP) is 0.917. The first-order chi connectivity index (χ1) is 3.35. The summed E-state index contributed by atoms with van der Waals surface area (Å²) in [6, 6.07) is 2.08. The smallest absolute Gasteiger partial charge is 0.0668 e. The standard InChI is InChI=1S/C5H10N2.ClH/c1-2-5(3-6)4-7;/h5H,2-3,6H2,1H3;1H. The maximum absolute atomic E-state index is 8.20. The Balaban J connectivity index is 0. The van der Waals surface area contributed by atoms with Crippen LogP contribution in [0.4, 0.5) is 0 Å². The summed E-state index contributed by atoms with van der Waals surface area (Å²) < 4.78 is 0. The van der Waals surface area contributed by atoms with Gasteiger partial charge in [0.05, 0.1) is 12.0 Å². The van der Waals surface area contributed by atoms with Crippen LogP contribution in [0.25, 0.3) is 0 Å². The summed E-state index contributed by atoms with van der Waals surface area (Å²) >= 11 is 0. The van der Waals surface area contributed by atoms with Gasteiger partial charge >= 0.3 is 0 Å². The molecule has 0 saturated heterocycles. The summed E-state index contributed by atoms with van der Waals surface area (Å²) in [6.45, 7) is 2.45. The van der Waals surface area contributed by atoms with E-state index in [1.54, 1.807) is 0 Å². The van der Waals surface area contributed by atoms with Gasteiger partial charge in [-0.05, 0) is 6.42 Å². The normalized spacial score (nSPS) is 11.1. The molecule has 0 radical (unpaired) electrons. The highest BCUT2D eigenvalue weighted by Crippen LogP contribution is 1.94. The molecule has 2 N–H and O–H groups in total. The Morgan fingerprint density at radius 2 is 2.25 bits per heavy atom. The van der Waals surface area contributed by atoms with Crippen LogP contribution < -0.4 is 5.73 Å². The minimum Gasteiger partial charge on any atom is -0.329 e. The van der Waals surface area contributed by atoms with Crippen molar-refractivity contribution in [3.05, 3.63) is 0 Å². The van der Waals surface area contributed by atoms with Crippen molar-refractivity contribution in [3.8, 4) is 6.07 Å². The van der Waals surface area contributed by atoms with Gasteiger partial charge in [0.15, 0.2) is 0 Å². The van der Waals surface area contributed by atoms with Gasteiger partial charge in [0.25, 0.3) is 0 Å². The van der Waals surface area contributed by atoms with Gasteiger partial charge in [0.2, 0.25) is 0 Å². The zero-order chi connectivity index (χ0) is 5.70. The quantitative estimate of drug-likeness (QED) is 0.611. The molecule has 0 spiro atoms. The lowest BCUT2D eigenvalue weighted by Gasteiger charge is -1.95. The maximum atomic E-state index is 8.20. The average Bonchev–Trinajstić information content (AvgIpc) is 1.72. The summed E-state index contributed by atoms with van der Waals surface area (Å²) in [7, 11) is 0. The van der Waals surface area contributed by atoms with Crippen LogP contribution in [0.15, 0.2) is 0 Å². The van der Waals surface area contributed by atoms with Crippen molar-refractivity contribution in [2.75, 3.05) is 6.54 Å². The number of nitrogens with two attached hydrogens (primary N) is 1. The number of hydrogen-bond acceptors (Lipinski definition) is 2. The summed E-state index contributed by atoms with van der Waals surface area (Å²) in [6.07, 6.45) is 0.868. The van der Waals surface area contributed by atoms with Crippen molar-refractivity contribution < 1.29 is 0 Å². The molecular formula is C5H11ClN2. The first-order valence-corrected chi connectivity index (χ1v) is 2.44. The van der Waals surface area contributed by atoms with E-state index in [9.17, 15) is 0 Å². The van der Waals surface area contributed by atoms with Crippen molar-refractivity contribution in [1.29, 1.82) is 5.26 Å². The van der Waals surface area contributed by atoms with E-state index in [4.69, 9.17) is 11.0 Å². The Kier molecular flexibility index (Phi) is 8.99. The van der Waals surface area contributed by atoms with Crippen LogP contribution in [0, 0.1) is 17.2 Å². The summed E-state index contributed by atoms with van der Waals surface area (Å²) in [5, 5.41) is 8.20. The highest BCUT2D eigenvalue weighted by molar-refractivity contribution is 5.85. The molecule has 0 aliphatic carbocycles. The molecule has 1 atom stereocenters. The van der Waals surface area contributed by atoms with E-state index in [0.29, 0.717) is 6.54 Å².